The third kappa shape index (κ3) is 1.61. The molecule has 4 nitrogen and oxygen atoms in total. The van der Waals surface area contributed by atoms with Crippen LogP contribution in [0.3, 0.4) is 0 Å². The van der Waals surface area contributed by atoms with Gasteiger partial charge in [0.25, 0.3) is 0 Å². The first-order valence-electron chi connectivity index (χ1n) is 4.43. The van der Waals surface area contributed by atoms with Crippen molar-refractivity contribution in [2.45, 2.75) is 50.5 Å². The van der Waals surface area contributed by atoms with Crippen molar-refractivity contribution >= 4 is 0 Å². The molecule has 0 bridgehead atoms. The molecule has 0 spiro atoms. The molecule has 2 aliphatic rings. The Bertz CT molecular complexity index is 143. The summed E-state index contributed by atoms with van der Waals surface area (Å²) in [6.45, 7) is 0. The molecule has 0 aliphatic carbocycles. The number of ether oxygens (including phenoxy) is 2. The smallest absolute Gasteiger partial charge is 0.155 e. The standard InChI is InChI=1S/C8H14O4/c9-7-3-1-5-6(12-7)2-4-8(10)11-5/h5-10H,1-4H2. The molecule has 0 aromatic carbocycles. The average Bonchev–Trinajstić information content (AvgIpc) is 2.05. The van der Waals surface area contributed by atoms with E-state index in [1.807, 2.05) is 0 Å². The van der Waals surface area contributed by atoms with Crippen molar-refractivity contribution < 1.29 is 19.7 Å². The number of aliphatic hydroxyl groups is 2. The first kappa shape index (κ1) is 8.44. The van der Waals surface area contributed by atoms with Gasteiger partial charge in [-0.2, -0.15) is 0 Å². The second-order valence-electron chi connectivity index (χ2n) is 3.41. The minimum absolute atomic E-state index is 0.0165. The van der Waals surface area contributed by atoms with Gasteiger partial charge in [-0.1, -0.05) is 0 Å². The van der Waals surface area contributed by atoms with Crippen molar-refractivity contribution in [3.05, 3.63) is 0 Å². The van der Waals surface area contributed by atoms with Crippen LogP contribution in [0.4, 0.5) is 0 Å². The van der Waals surface area contributed by atoms with E-state index in [0.29, 0.717) is 12.8 Å². The molecular weight excluding hydrogens is 160 g/mol. The molecule has 2 saturated heterocycles. The Hall–Kier alpha value is -0.160. The topological polar surface area (TPSA) is 58.9 Å². The lowest BCUT2D eigenvalue weighted by molar-refractivity contribution is -0.268. The molecule has 4 unspecified atom stereocenters. The van der Waals surface area contributed by atoms with Crippen molar-refractivity contribution in [2.24, 2.45) is 0 Å². The van der Waals surface area contributed by atoms with Crippen molar-refractivity contribution in [3.8, 4) is 0 Å². The van der Waals surface area contributed by atoms with Gasteiger partial charge in [-0.25, -0.2) is 0 Å². The van der Waals surface area contributed by atoms with Crippen molar-refractivity contribution in [2.75, 3.05) is 0 Å². The number of fused-ring (bicyclic) bond motifs is 1. The highest BCUT2D eigenvalue weighted by atomic mass is 16.7. The molecule has 0 amide bonds. The van der Waals surface area contributed by atoms with Crippen LogP contribution in [0.25, 0.3) is 0 Å². The van der Waals surface area contributed by atoms with Crippen LogP contribution in [-0.2, 0) is 9.47 Å². The SMILES string of the molecule is OC1CCC2OC(O)CCC2O1. The maximum Gasteiger partial charge on any atom is 0.155 e. The van der Waals surface area contributed by atoms with Crippen LogP contribution in [0.5, 0.6) is 0 Å². The number of aliphatic hydroxyl groups excluding tert-OH is 2. The van der Waals surface area contributed by atoms with Gasteiger partial charge in [-0.15, -0.1) is 0 Å². The number of rotatable bonds is 0. The predicted octanol–water partition coefficient (Wildman–Crippen LogP) is -0.0188. The predicted molar refractivity (Wildman–Crippen MR) is 40.2 cm³/mol. The molecule has 4 atom stereocenters. The highest BCUT2D eigenvalue weighted by Crippen LogP contribution is 2.29. The fraction of sp³-hybridized carbons (Fsp3) is 1.00. The largest absolute Gasteiger partial charge is 0.368 e. The summed E-state index contributed by atoms with van der Waals surface area (Å²) in [5.74, 6) is 0. The lowest BCUT2D eigenvalue weighted by Gasteiger charge is -2.39. The quantitative estimate of drug-likeness (QED) is 0.542. The van der Waals surface area contributed by atoms with Gasteiger partial charge in [0, 0.05) is 12.8 Å². The Morgan fingerprint density at radius 1 is 0.750 bits per heavy atom. The Labute approximate surface area is 71.1 Å². The fourth-order valence-corrected chi connectivity index (χ4v) is 1.84. The van der Waals surface area contributed by atoms with Crippen LogP contribution in [-0.4, -0.2) is 35.0 Å². The van der Waals surface area contributed by atoms with E-state index in [9.17, 15) is 10.2 Å². The van der Waals surface area contributed by atoms with E-state index in [1.165, 1.54) is 0 Å². The van der Waals surface area contributed by atoms with Gasteiger partial charge in [0.15, 0.2) is 12.6 Å². The van der Waals surface area contributed by atoms with Gasteiger partial charge in [0.2, 0.25) is 0 Å². The summed E-state index contributed by atoms with van der Waals surface area (Å²) in [4.78, 5) is 0. The normalized spacial score (nSPS) is 48.5. The summed E-state index contributed by atoms with van der Waals surface area (Å²) in [5.41, 5.74) is 0. The second kappa shape index (κ2) is 3.30. The highest BCUT2D eigenvalue weighted by Gasteiger charge is 2.35. The number of hydrogen-bond donors (Lipinski definition) is 2. The third-order valence-electron chi connectivity index (χ3n) is 2.47. The molecule has 0 radical (unpaired) electrons. The van der Waals surface area contributed by atoms with Crippen LogP contribution >= 0.6 is 0 Å². The molecule has 0 aromatic heterocycles. The number of hydrogen-bond acceptors (Lipinski definition) is 4. The molecule has 0 saturated carbocycles. The molecule has 2 fully saturated rings. The minimum Gasteiger partial charge on any atom is -0.368 e. The van der Waals surface area contributed by atoms with Crippen LogP contribution in [0.1, 0.15) is 25.7 Å². The van der Waals surface area contributed by atoms with E-state index in [-0.39, 0.29) is 12.2 Å². The zero-order valence-electron chi connectivity index (χ0n) is 6.85. The fourth-order valence-electron chi connectivity index (χ4n) is 1.84. The van der Waals surface area contributed by atoms with Crippen LogP contribution < -0.4 is 0 Å². The monoisotopic (exact) mass is 174 g/mol. The summed E-state index contributed by atoms with van der Waals surface area (Å²) in [6, 6.07) is 0. The summed E-state index contributed by atoms with van der Waals surface area (Å²) in [7, 11) is 0. The third-order valence-corrected chi connectivity index (χ3v) is 2.47. The Morgan fingerprint density at radius 3 is 1.58 bits per heavy atom. The second-order valence-corrected chi connectivity index (χ2v) is 3.41. The Morgan fingerprint density at radius 2 is 1.17 bits per heavy atom. The van der Waals surface area contributed by atoms with Crippen LogP contribution in [0.15, 0.2) is 0 Å². The molecule has 70 valence electrons. The van der Waals surface area contributed by atoms with E-state index in [1.54, 1.807) is 0 Å². The summed E-state index contributed by atoms with van der Waals surface area (Å²) >= 11 is 0. The van der Waals surface area contributed by atoms with Gasteiger partial charge in [-0.05, 0) is 12.8 Å². The highest BCUT2D eigenvalue weighted by molar-refractivity contribution is 4.80. The first-order chi connectivity index (χ1) is 5.75. The van der Waals surface area contributed by atoms with E-state index < -0.39 is 12.6 Å². The van der Waals surface area contributed by atoms with Crippen LogP contribution in [0, 0.1) is 0 Å². The molecule has 2 N–H and O–H groups in total. The van der Waals surface area contributed by atoms with E-state index >= 15 is 0 Å². The average molecular weight is 174 g/mol. The zero-order chi connectivity index (χ0) is 8.55. The lowest BCUT2D eigenvalue weighted by atomic mass is 9.98. The Balaban J connectivity index is 1.94. The molecule has 2 aliphatic heterocycles. The zero-order valence-corrected chi connectivity index (χ0v) is 6.85. The van der Waals surface area contributed by atoms with E-state index in [2.05, 4.69) is 0 Å². The van der Waals surface area contributed by atoms with Gasteiger partial charge >= 0.3 is 0 Å². The van der Waals surface area contributed by atoms with Crippen LogP contribution in [0.2, 0.25) is 0 Å². The molecule has 12 heavy (non-hydrogen) atoms. The molecular formula is C8H14O4. The van der Waals surface area contributed by atoms with E-state index in [4.69, 9.17) is 9.47 Å². The van der Waals surface area contributed by atoms with Gasteiger partial charge in [0.1, 0.15) is 0 Å². The molecule has 4 heteroatoms. The van der Waals surface area contributed by atoms with Gasteiger partial charge in [-0.3, -0.25) is 0 Å². The minimum atomic E-state index is -0.634. The van der Waals surface area contributed by atoms with Crippen molar-refractivity contribution in [3.63, 3.8) is 0 Å². The maximum atomic E-state index is 9.17. The maximum absolute atomic E-state index is 9.17. The van der Waals surface area contributed by atoms with E-state index in [0.717, 1.165) is 12.8 Å². The van der Waals surface area contributed by atoms with Gasteiger partial charge in [0.05, 0.1) is 12.2 Å². The molecule has 0 aromatic rings. The van der Waals surface area contributed by atoms with Crippen molar-refractivity contribution in [1.82, 2.24) is 0 Å². The lowest BCUT2D eigenvalue weighted by Crippen LogP contribution is -2.46. The molecule has 2 rings (SSSR count). The summed E-state index contributed by atoms with van der Waals surface area (Å²) in [6.07, 6.45) is 1.47. The molecule has 2 heterocycles. The van der Waals surface area contributed by atoms with Crippen molar-refractivity contribution in [1.29, 1.82) is 0 Å². The summed E-state index contributed by atoms with van der Waals surface area (Å²) in [5, 5.41) is 18.3. The summed E-state index contributed by atoms with van der Waals surface area (Å²) < 4.78 is 10.5. The van der Waals surface area contributed by atoms with Gasteiger partial charge < -0.3 is 19.7 Å². The first-order valence-corrected chi connectivity index (χ1v) is 4.43. The Kier molecular flexibility index (Phi) is 2.32.